The topological polar surface area (TPSA) is 46.6 Å². The molecule has 1 saturated carbocycles. The minimum Gasteiger partial charge on any atom is -0.444 e. The summed E-state index contributed by atoms with van der Waals surface area (Å²) in [4.78, 5) is 25.7. The molecule has 0 N–H and O–H groups in total. The second-order valence-electron chi connectivity index (χ2n) is 7.48. The van der Waals surface area contributed by atoms with E-state index in [0.29, 0.717) is 6.54 Å². The van der Waals surface area contributed by atoms with Gasteiger partial charge >= 0.3 is 6.09 Å². The fraction of sp³-hybridized carbons (Fsp3) is 0.778. The highest BCUT2D eigenvalue weighted by molar-refractivity contribution is 5.70. The van der Waals surface area contributed by atoms with Crippen LogP contribution in [0.15, 0.2) is 11.6 Å². The number of rotatable bonds is 3. The van der Waals surface area contributed by atoms with E-state index in [1.54, 1.807) is 4.90 Å². The van der Waals surface area contributed by atoms with Crippen molar-refractivity contribution in [3.05, 3.63) is 11.6 Å². The number of nitrogens with zero attached hydrogens (tertiary/aromatic N) is 1. The maximum Gasteiger partial charge on any atom is 0.410 e. The van der Waals surface area contributed by atoms with E-state index in [9.17, 15) is 9.59 Å². The van der Waals surface area contributed by atoms with Crippen molar-refractivity contribution in [2.45, 2.75) is 77.4 Å². The van der Waals surface area contributed by atoms with Gasteiger partial charge in [0.15, 0.2) is 0 Å². The summed E-state index contributed by atoms with van der Waals surface area (Å²) in [5.41, 5.74) is 0.891. The Labute approximate surface area is 133 Å². The van der Waals surface area contributed by atoms with Crippen LogP contribution in [0.2, 0.25) is 0 Å². The van der Waals surface area contributed by atoms with Crippen molar-refractivity contribution in [3.8, 4) is 0 Å². The number of aldehydes is 1. The van der Waals surface area contributed by atoms with Gasteiger partial charge in [-0.1, -0.05) is 18.1 Å². The van der Waals surface area contributed by atoms with Gasteiger partial charge in [0.25, 0.3) is 0 Å². The third-order valence-electron chi connectivity index (χ3n) is 4.45. The molecule has 4 heteroatoms. The number of likely N-dealkylation sites (tertiary alicyclic amines) is 1. The fourth-order valence-corrected chi connectivity index (χ4v) is 3.43. The molecule has 1 saturated heterocycles. The Bertz CT molecular complexity index is 428. The van der Waals surface area contributed by atoms with E-state index in [1.807, 2.05) is 20.8 Å². The number of carbonyl (C=O) groups is 2. The fourth-order valence-electron chi connectivity index (χ4n) is 3.43. The molecule has 0 bridgehead atoms. The zero-order chi connectivity index (χ0) is 16.2. The first-order chi connectivity index (χ1) is 10.4. The number of ether oxygens (including phenoxy) is 1. The van der Waals surface area contributed by atoms with E-state index in [4.69, 9.17) is 4.74 Å². The predicted molar refractivity (Wildman–Crippen MR) is 86.7 cm³/mol. The van der Waals surface area contributed by atoms with Gasteiger partial charge < -0.3 is 14.4 Å². The normalized spacial score (nSPS) is 24.0. The Morgan fingerprint density at radius 3 is 2.50 bits per heavy atom. The van der Waals surface area contributed by atoms with Gasteiger partial charge in [-0.3, -0.25) is 0 Å². The molecule has 0 aromatic rings. The highest BCUT2D eigenvalue weighted by atomic mass is 16.6. The molecule has 22 heavy (non-hydrogen) atoms. The summed E-state index contributed by atoms with van der Waals surface area (Å²) < 4.78 is 5.49. The first-order valence-electron chi connectivity index (χ1n) is 8.55. The maximum absolute atomic E-state index is 12.4. The zero-order valence-electron chi connectivity index (χ0n) is 14.1. The molecule has 0 unspecified atom stereocenters. The third kappa shape index (κ3) is 4.59. The first kappa shape index (κ1) is 17.0. The molecule has 124 valence electrons. The lowest BCUT2D eigenvalue weighted by molar-refractivity contribution is -0.111. The van der Waals surface area contributed by atoms with Crippen LogP contribution in [0, 0.1) is 5.92 Å². The van der Waals surface area contributed by atoms with Crippen molar-refractivity contribution < 1.29 is 14.3 Å². The van der Waals surface area contributed by atoms with Crippen LogP contribution < -0.4 is 0 Å². The van der Waals surface area contributed by atoms with Gasteiger partial charge in [0.05, 0.1) is 5.92 Å². The first-order valence-corrected chi connectivity index (χ1v) is 8.55. The minimum atomic E-state index is -0.497. The Hall–Kier alpha value is -1.32. The second-order valence-corrected chi connectivity index (χ2v) is 7.48. The number of allylic oxidation sites excluding steroid dienone is 1. The predicted octanol–water partition coefficient (Wildman–Crippen LogP) is 4.09. The summed E-state index contributed by atoms with van der Waals surface area (Å²) in [7, 11) is 0. The lowest BCUT2D eigenvalue weighted by atomic mass is 9.89. The summed E-state index contributed by atoms with van der Waals surface area (Å²) in [6, 6.07) is -0.0400. The smallest absolute Gasteiger partial charge is 0.410 e. The molecular weight excluding hydrogens is 278 g/mol. The van der Waals surface area contributed by atoms with Gasteiger partial charge in [-0.15, -0.1) is 0 Å². The number of hydrogen-bond acceptors (Lipinski definition) is 3. The van der Waals surface area contributed by atoms with E-state index in [2.05, 4.69) is 6.08 Å². The van der Waals surface area contributed by atoms with E-state index in [1.165, 1.54) is 24.8 Å². The molecule has 1 amide bonds. The molecule has 4 nitrogen and oxygen atoms in total. The summed E-state index contributed by atoms with van der Waals surface area (Å²) in [5.74, 6) is -0.192. The van der Waals surface area contributed by atoms with Gasteiger partial charge in [-0.2, -0.15) is 0 Å². The Kier molecular flexibility index (Phi) is 5.65. The molecule has 0 radical (unpaired) electrons. The Morgan fingerprint density at radius 2 is 1.91 bits per heavy atom. The molecule has 1 aliphatic carbocycles. The minimum absolute atomic E-state index is 0.0400. The highest BCUT2D eigenvalue weighted by Crippen LogP contribution is 2.30. The summed E-state index contributed by atoms with van der Waals surface area (Å²) in [6.45, 7) is 6.30. The van der Waals surface area contributed by atoms with E-state index in [0.717, 1.165) is 32.0 Å². The molecular formula is C18H29NO3. The number of amides is 1. The molecule has 2 fully saturated rings. The van der Waals surface area contributed by atoms with Crippen molar-refractivity contribution in [3.63, 3.8) is 0 Å². The summed E-state index contributed by atoms with van der Waals surface area (Å²) in [5, 5.41) is 0. The Morgan fingerprint density at radius 1 is 1.23 bits per heavy atom. The van der Waals surface area contributed by atoms with E-state index >= 15 is 0 Å². The zero-order valence-corrected chi connectivity index (χ0v) is 14.1. The second kappa shape index (κ2) is 7.30. The average molecular weight is 307 g/mol. The molecule has 0 aromatic carbocycles. The number of carbonyl (C=O) groups excluding carboxylic acids is 2. The van der Waals surface area contributed by atoms with Crippen molar-refractivity contribution in [2.75, 3.05) is 6.54 Å². The van der Waals surface area contributed by atoms with Gasteiger partial charge in [0.2, 0.25) is 0 Å². The molecule has 1 heterocycles. The van der Waals surface area contributed by atoms with Crippen LogP contribution in [0.4, 0.5) is 4.79 Å². The Balaban J connectivity index is 2.06. The standard InChI is InChI=1S/C18H29NO3/c1-18(2,3)22-17(21)19-11-7-10-16(19)15(13-20)12-14-8-5-4-6-9-14/h12-13,15-16H,4-11H2,1-3H3/t15-,16-/m0/s1. The molecule has 2 rings (SSSR count). The van der Waals surface area contributed by atoms with Crippen LogP contribution in [-0.4, -0.2) is 35.5 Å². The maximum atomic E-state index is 12.4. The lowest BCUT2D eigenvalue weighted by Gasteiger charge is -2.30. The van der Waals surface area contributed by atoms with Gasteiger partial charge in [-0.05, 0) is 59.3 Å². The molecule has 0 aromatic heterocycles. The van der Waals surface area contributed by atoms with Crippen LogP contribution >= 0.6 is 0 Å². The van der Waals surface area contributed by atoms with Crippen LogP contribution in [0.3, 0.4) is 0 Å². The monoisotopic (exact) mass is 307 g/mol. The van der Waals surface area contributed by atoms with Crippen molar-refractivity contribution >= 4 is 12.4 Å². The molecule has 2 atom stereocenters. The molecule has 0 spiro atoms. The molecule has 1 aliphatic heterocycles. The highest BCUT2D eigenvalue weighted by Gasteiger charge is 2.36. The summed E-state index contributed by atoms with van der Waals surface area (Å²) in [6.07, 6.45) is 10.6. The van der Waals surface area contributed by atoms with Gasteiger partial charge in [0.1, 0.15) is 11.9 Å². The summed E-state index contributed by atoms with van der Waals surface area (Å²) >= 11 is 0. The van der Waals surface area contributed by atoms with Crippen LogP contribution in [0.1, 0.15) is 65.7 Å². The average Bonchev–Trinajstić information content (AvgIpc) is 2.93. The van der Waals surface area contributed by atoms with Crippen LogP contribution in [-0.2, 0) is 9.53 Å². The van der Waals surface area contributed by atoms with Crippen LogP contribution in [0.25, 0.3) is 0 Å². The van der Waals surface area contributed by atoms with E-state index < -0.39 is 5.60 Å². The third-order valence-corrected chi connectivity index (χ3v) is 4.45. The largest absolute Gasteiger partial charge is 0.444 e. The lowest BCUT2D eigenvalue weighted by Crippen LogP contribution is -2.43. The van der Waals surface area contributed by atoms with Gasteiger partial charge in [0, 0.05) is 12.6 Å². The quantitative estimate of drug-likeness (QED) is 0.583. The number of hydrogen-bond donors (Lipinski definition) is 0. The van der Waals surface area contributed by atoms with Gasteiger partial charge in [-0.25, -0.2) is 4.79 Å². The SMILES string of the molecule is CC(C)(C)OC(=O)N1CCC[C@H]1[C@H](C=O)C=C1CCCCC1. The van der Waals surface area contributed by atoms with E-state index in [-0.39, 0.29) is 18.1 Å². The van der Waals surface area contributed by atoms with Crippen LogP contribution in [0.5, 0.6) is 0 Å². The molecule has 2 aliphatic rings. The van der Waals surface area contributed by atoms with Crippen molar-refractivity contribution in [1.82, 2.24) is 4.90 Å². The van der Waals surface area contributed by atoms with Crippen molar-refractivity contribution in [1.29, 1.82) is 0 Å². The van der Waals surface area contributed by atoms with Crippen molar-refractivity contribution in [2.24, 2.45) is 5.92 Å².